The minimum atomic E-state index is 0.224. The van der Waals surface area contributed by atoms with E-state index in [9.17, 15) is 0 Å². The van der Waals surface area contributed by atoms with Crippen molar-refractivity contribution in [1.82, 2.24) is 19.8 Å². The van der Waals surface area contributed by atoms with E-state index in [4.69, 9.17) is 4.98 Å². The first kappa shape index (κ1) is 22.8. The van der Waals surface area contributed by atoms with Crippen LogP contribution in [0.5, 0.6) is 0 Å². The Morgan fingerprint density at radius 2 is 1.44 bits per heavy atom. The zero-order valence-corrected chi connectivity index (χ0v) is 21.6. The molecule has 2 atom stereocenters. The Morgan fingerprint density at radius 3 is 2.17 bits per heavy atom. The number of nitrogens with one attached hydrogen (secondary N) is 1. The number of imidazole rings is 1. The summed E-state index contributed by atoms with van der Waals surface area (Å²) in [5, 5.41) is 3.60. The normalized spacial score (nSPS) is 27.4. The van der Waals surface area contributed by atoms with Gasteiger partial charge < -0.3 is 14.8 Å². The van der Waals surface area contributed by atoms with Gasteiger partial charge in [-0.3, -0.25) is 4.90 Å². The predicted molar refractivity (Wildman–Crippen MR) is 147 cm³/mol. The van der Waals surface area contributed by atoms with Crippen LogP contribution < -0.4 is 10.2 Å². The van der Waals surface area contributed by atoms with Crippen LogP contribution in [0.3, 0.4) is 0 Å². The zero-order valence-electron chi connectivity index (χ0n) is 21.6. The van der Waals surface area contributed by atoms with Crippen molar-refractivity contribution < 1.29 is 0 Å². The average molecular weight is 484 g/mol. The maximum absolute atomic E-state index is 5.23. The molecule has 3 saturated heterocycles. The minimum absolute atomic E-state index is 0.224. The van der Waals surface area contributed by atoms with Crippen molar-refractivity contribution in [3.05, 3.63) is 60.2 Å². The minimum Gasteiger partial charge on any atom is -0.342 e. The van der Waals surface area contributed by atoms with Crippen molar-refractivity contribution in [3.8, 4) is 0 Å². The molecule has 4 fully saturated rings. The Morgan fingerprint density at radius 1 is 0.778 bits per heavy atom. The largest absolute Gasteiger partial charge is 0.342 e. The number of hydrogen-bond donors (Lipinski definition) is 1. The molecule has 5 nitrogen and oxygen atoms in total. The Balaban J connectivity index is 1.17. The fraction of sp³-hybridized carbons (Fsp3) is 0.581. The highest BCUT2D eigenvalue weighted by atomic mass is 15.3. The van der Waals surface area contributed by atoms with Gasteiger partial charge in [-0.05, 0) is 55.2 Å². The molecule has 4 aliphatic rings. The van der Waals surface area contributed by atoms with Gasteiger partial charge in [0, 0.05) is 50.8 Å². The van der Waals surface area contributed by atoms with E-state index in [-0.39, 0.29) is 5.54 Å². The Labute approximate surface area is 215 Å². The van der Waals surface area contributed by atoms with Gasteiger partial charge in [0.2, 0.25) is 5.95 Å². The van der Waals surface area contributed by atoms with Crippen LogP contribution in [0.15, 0.2) is 54.6 Å². The molecule has 2 unspecified atom stereocenters. The van der Waals surface area contributed by atoms with Crippen LogP contribution in [0, 0.1) is 11.8 Å². The third kappa shape index (κ3) is 3.86. The summed E-state index contributed by atoms with van der Waals surface area (Å²) in [4.78, 5) is 10.7. The summed E-state index contributed by atoms with van der Waals surface area (Å²) in [7, 11) is 0. The van der Waals surface area contributed by atoms with E-state index in [1.165, 1.54) is 89.0 Å². The number of hydrogen-bond acceptors (Lipinski definition) is 4. The standard InChI is InChI=1S/C31H41N5/c1-2-9-17-31(16-8-1,26-10-4-3-5-11-26)35-18-14-27(15-19-35)36-29-13-7-6-12-28(29)33-30(36)34-22-24-20-32-21-25(24)23-34/h3-7,10-13,24-25,27,32H,1-2,8-9,14-23H2. The van der Waals surface area contributed by atoms with Crippen LogP contribution in [-0.4, -0.2) is 53.7 Å². The van der Waals surface area contributed by atoms with E-state index < -0.39 is 0 Å². The SMILES string of the molecule is c1ccc(C2(N3CCC(n4c(N5CC6CNCC6C5)nc5ccccc54)CC3)CCCCCC2)cc1. The quantitative estimate of drug-likeness (QED) is 0.492. The average Bonchev–Trinajstić information content (AvgIpc) is 3.58. The van der Waals surface area contributed by atoms with E-state index in [1.54, 1.807) is 5.56 Å². The van der Waals surface area contributed by atoms with Gasteiger partial charge in [0.15, 0.2) is 0 Å². The molecular weight excluding hydrogens is 442 g/mol. The Kier molecular flexibility index (Phi) is 6.01. The number of anilines is 1. The van der Waals surface area contributed by atoms with Gasteiger partial charge in [-0.2, -0.15) is 0 Å². The van der Waals surface area contributed by atoms with Gasteiger partial charge in [0.05, 0.1) is 11.0 Å². The maximum Gasteiger partial charge on any atom is 0.206 e. The molecule has 5 heteroatoms. The highest BCUT2D eigenvalue weighted by Gasteiger charge is 2.42. The number of likely N-dealkylation sites (tertiary alicyclic amines) is 1. The van der Waals surface area contributed by atoms with Gasteiger partial charge in [-0.15, -0.1) is 0 Å². The molecule has 4 heterocycles. The highest BCUT2D eigenvalue weighted by Crippen LogP contribution is 2.44. The number of para-hydroxylation sites is 2. The molecule has 7 rings (SSSR count). The lowest BCUT2D eigenvalue weighted by molar-refractivity contribution is 0.0361. The van der Waals surface area contributed by atoms with Crippen molar-refractivity contribution >= 4 is 17.0 Å². The highest BCUT2D eigenvalue weighted by molar-refractivity contribution is 5.79. The molecule has 36 heavy (non-hydrogen) atoms. The number of nitrogens with zero attached hydrogens (tertiary/aromatic N) is 4. The van der Waals surface area contributed by atoms with Crippen LogP contribution in [0.4, 0.5) is 5.95 Å². The molecular formula is C31H41N5. The first-order chi connectivity index (χ1) is 17.8. The fourth-order valence-electron chi connectivity index (χ4n) is 8.03. The topological polar surface area (TPSA) is 36.3 Å². The summed E-state index contributed by atoms with van der Waals surface area (Å²) in [6.07, 6.45) is 10.5. The second kappa shape index (κ2) is 9.50. The van der Waals surface area contributed by atoms with E-state index in [0.717, 1.165) is 30.4 Å². The van der Waals surface area contributed by atoms with Crippen LogP contribution in [0.25, 0.3) is 11.0 Å². The van der Waals surface area contributed by atoms with E-state index in [1.807, 2.05) is 0 Å². The molecule has 1 N–H and O–H groups in total. The third-order valence-corrected chi connectivity index (χ3v) is 9.93. The van der Waals surface area contributed by atoms with Crippen molar-refractivity contribution in [3.63, 3.8) is 0 Å². The molecule has 1 aromatic heterocycles. The molecule has 190 valence electrons. The zero-order chi connectivity index (χ0) is 24.0. The summed E-state index contributed by atoms with van der Waals surface area (Å²) in [5.74, 6) is 2.79. The molecule has 2 aromatic carbocycles. The second-order valence-corrected chi connectivity index (χ2v) is 11.9. The summed E-state index contributed by atoms with van der Waals surface area (Å²) in [6.45, 7) is 7.00. The molecule has 3 aromatic rings. The molecule has 0 bridgehead atoms. The molecule has 1 saturated carbocycles. The molecule has 0 radical (unpaired) electrons. The smallest absolute Gasteiger partial charge is 0.206 e. The van der Waals surface area contributed by atoms with Crippen LogP contribution in [-0.2, 0) is 5.54 Å². The molecule has 1 aliphatic carbocycles. The first-order valence-electron chi connectivity index (χ1n) is 14.5. The van der Waals surface area contributed by atoms with Crippen molar-refractivity contribution in [2.75, 3.05) is 44.2 Å². The van der Waals surface area contributed by atoms with Crippen molar-refractivity contribution in [2.24, 2.45) is 11.8 Å². The Bertz CT molecular complexity index is 1160. The third-order valence-electron chi connectivity index (χ3n) is 9.93. The molecule has 0 amide bonds. The van der Waals surface area contributed by atoms with Gasteiger partial charge in [0.25, 0.3) is 0 Å². The van der Waals surface area contributed by atoms with Crippen LogP contribution >= 0.6 is 0 Å². The Hall–Kier alpha value is -2.37. The number of benzene rings is 2. The summed E-state index contributed by atoms with van der Waals surface area (Å²) >= 11 is 0. The second-order valence-electron chi connectivity index (χ2n) is 11.9. The first-order valence-corrected chi connectivity index (χ1v) is 14.5. The lowest BCUT2D eigenvalue weighted by atomic mass is 9.79. The van der Waals surface area contributed by atoms with E-state index >= 15 is 0 Å². The monoisotopic (exact) mass is 483 g/mol. The van der Waals surface area contributed by atoms with Gasteiger partial charge in [0.1, 0.15) is 0 Å². The van der Waals surface area contributed by atoms with E-state index in [2.05, 4.69) is 74.3 Å². The number of fused-ring (bicyclic) bond motifs is 2. The molecule has 3 aliphatic heterocycles. The fourth-order valence-corrected chi connectivity index (χ4v) is 8.03. The number of aromatic nitrogens is 2. The van der Waals surface area contributed by atoms with Crippen molar-refractivity contribution in [1.29, 1.82) is 0 Å². The number of piperidine rings is 1. The maximum atomic E-state index is 5.23. The van der Waals surface area contributed by atoms with Crippen LogP contribution in [0.2, 0.25) is 0 Å². The lowest BCUT2D eigenvalue weighted by Gasteiger charge is -2.48. The summed E-state index contributed by atoms with van der Waals surface area (Å²) < 4.78 is 2.64. The van der Waals surface area contributed by atoms with Gasteiger partial charge >= 0.3 is 0 Å². The summed E-state index contributed by atoms with van der Waals surface area (Å²) in [5.41, 5.74) is 4.27. The molecule has 0 spiro atoms. The van der Waals surface area contributed by atoms with Crippen molar-refractivity contribution in [2.45, 2.75) is 62.9 Å². The van der Waals surface area contributed by atoms with Gasteiger partial charge in [-0.25, -0.2) is 4.98 Å². The predicted octanol–water partition coefficient (Wildman–Crippen LogP) is 5.58. The van der Waals surface area contributed by atoms with Gasteiger partial charge in [-0.1, -0.05) is 68.1 Å². The van der Waals surface area contributed by atoms with Crippen LogP contribution in [0.1, 0.15) is 63.0 Å². The summed E-state index contributed by atoms with van der Waals surface area (Å²) in [6, 6.07) is 20.8. The number of rotatable bonds is 4. The van der Waals surface area contributed by atoms with E-state index in [0.29, 0.717) is 6.04 Å². The lowest BCUT2D eigenvalue weighted by Crippen LogP contribution is -2.50.